The number of fused-ring (bicyclic) bond motifs is 1. The summed E-state index contributed by atoms with van der Waals surface area (Å²) in [5.74, 6) is -0.153. The van der Waals surface area contributed by atoms with Crippen molar-refractivity contribution in [2.45, 2.75) is 11.3 Å². The van der Waals surface area contributed by atoms with Gasteiger partial charge in [0.25, 0.3) is 0 Å². The molecule has 3 rings (SSSR count). The second-order valence-electron chi connectivity index (χ2n) is 3.77. The second-order valence-corrected chi connectivity index (χ2v) is 4.88. The second kappa shape index (κ2) is 3.92. The average molecular weight is 247 g/mol. The van der Waals surface area contributed by atoms with Crippen molar-refractivity contribution in [1.82, 2.24) is 5.16 Å². The van der Waals surface area contributed by atoms with Crippen LogP contribution < -0.4 is 0 Å². The van der Waals surface area contributed by atoms with Gasteiger partial charge in [-0.3, -0.25) is 0 Å². The van der Waals surface area contributed by atoms with Crippen molar-refractivity contribution in [3.8, 4) is 11.3 Å². The van der Waals surface area contributed by atoms with Crippen LogP contribution in [0.25, 0.3) is 11.3 Å². The molecule has 4 nitrogen and oxygen atoms in total. The van der Waals surface area contributed by atoms with E-state index in [1.807, 2.05) is 12.1 Å². The number of rotatable bonds is 2. The summed E-state index contributed by atoms with van der Waals surface area (Å²) in [6.07, 6.45) is 1.05. The molecule has 0 saturated carbocycles. The van der Waals surface area contributed by atoms with E-state index in [2.05, 4.69) is 11.2 Å². The lowest BCUT2D eigenvalue weighted by molar-refractivity contribution is 0.0652. The van der Waals surface area contributed by atoms with Crippen LogP contribution in [0.4, 0.5) is 0 Å². The zero-order valence-corrected chi connectivity index (χ0v) is 9.66. The van der Waals surface area contributed by atoms with Crippen molar-refractivity contribution >= 4 is 17.7 Å². The van der Waals surface area contributed by atoms with Crippen LogP contribution in [0.5, 0.6) is 0 Å². The molecule has 1 N–H and O–H groups in total. The first-order valence-electron chi connectivity index (χ1n) is 5.21. The number of hydrogen-bond donors (Lipinski definition) is 1. The summed E-state index contributed by atoms with van der Waals surface area (Å²) in [6, 6.07) is 7.48. The molecule has 0 amide bonds. The number of aromatic carboxylic acids is 1. The highest BCUT2D eigenvalue weighted by molar-refractivity contribution is 7.99. The van der Waals surface area contributed by atoms with Crippen LogP contribution in [0.15, 0.2) is 33.7 Å². The SMILES string of the molecule is O=C(O)c1cc(-c2cccc3c2SCC3)no1. The van der Waals surface area contributed by atoms with Gasteiger partial charge in [0.15, 0.2) is 0 Å². The molecule has 86 valence electrons. The van der Waals surface area contributed by atoms with Gasteiger partial charge in [0.2, 0.25) is 5.76 Å². The third-order valence-corrected chi connectivity index (χ3v) is 3.89. The molecule has 1 aromatic carbocycles. The van der Waals surface area contributed by atoms with Crippen LogP contribution in [0.1, 0.15) is 16.1 Å². The molecule has 2 aromatic rings. The standard InChI is InChI=1S/C12H9NO3S/c14-12(15)10-6-9(13-16-10)8-3-1-2-7-4-5-17-11(7)8/h1-3,6H,4-5H2,(H,14,15). The minimum atomic E-state index is -1.09. The van der Waals surface area contributed by atoms with E-state index in [-0.39, 0.29) is 5.76 Å². The van der Waals surface area contributed by atoms with Crippen molar-refractivity contribution in [3.05, 3.63) is 35.6 Å². The van der Waals surface area contributed by atoms with Crippen molar-refractivity contribution < 1.29 is 14.4 Å². The van der Waals surface area contributed by atoms with Gasteiger partial charge in [0, 0.05) is 22.3 Å². The van der Waals surface area contributed by atoms with Gasteiger partial charge in [-0.15, -0.1) is 11.8 Å². The lowest BCUT2D eigenvalue weighted by atomic mass is 10.1. The highest BCUT2D eigenvalue weighted by Crippen LogP contribution is 2.39. The molecule has 0 unspecified atom stereocenters. The van der Waals surface area contributed by atoms with Gasteiger partial charge in [0.1, 0.15) is 5.69 Å². The molecule has 1 aromatic heterocycles. The van der Waals surface area contributed by atoms with Gasteiger partial charge < -0.3 is 9.63 Å². The van der Waals surface area contributed by atoms with Gasteiger partial charge in [-0.25, -0.2) is 4.79 Å². The van der Waals surface area contributed by atoms with Crippen LogP contribution in [-0.4, -0.2) is 22.0 Å². The van der Waals surface area contributed by atoms with Gasteiger partial charge in [-0.05, 0) is 12.0 Å². The molecule has 0 fully saturated rings. The minimum Gasteiger partial charge on any atom is -0.475 e. The lowest BCUT2D eigenvalue weighted by Gasteiger charge is -2.03. The summed E-state index contributed by atoms with van der Waals surface area (Å²) < 4.78 is 4.78. The Morgan fingerprint density at radius 1 is 1.47 bits per heavy atom. The lowest BCUT2D eigenvalue weighted by Crippen LogP contribution is -1.91. The molecule has 0 saturated heterocycles. The van der Waals surface area contributed by atoms with Crippen molar-refractivity contribution in [1.29, 1.82) is 0 Å². The smallest absolute Gasteiger partial charge is 0.374 e. The minimum absolute atomic E-state index is 0.124. The van der Waals surface area contributed by atoms with Crippen LogP contribution in [0.3, 0.4) is 0 Å². The fraction of sp³-hybridized carbons (Fsp3) is 0.167. The van der Waals surface area contributed by atoms with Crippen LogP contribution in [-0.2, 0) is 6.42 Å². The van der Waals surface area contributed by atoms with E-state index < -0.39 is 5.97 Å². The predicted octanol–water partition coefficient (Wildman–Crippen LogP) is 2.69. The summed E-state index contributed by atoms with van der Waals surface area (Å²) in [5.41, 5.74) is 2.85. The Morgan fingerprint density at radius 2 is 2.35 bits per heavy atom. The first-order chi connectivity index (χ1) is 8.25. The van der Waals surface area contributed by atoms with Gasteiger partial charge in [-0.1, -0.05) is 23.4 Å². The highest BCUT2D eigenvalue weighted by atomic mass is 32.2. The Morgan fingerprint density at radius 3 is 3.12 bits per heavy atom. The topological polar surface area (TPSA) is 63.3 Å². The molecular formula is C12H9NO3S. The van der Waals surface area contributed by atoms with E-state index in [0.717, 1.165) is 17.7 Å². The Kier molecular flexibility index (Phi) is 2.40. The van der Waals surface area contributed by atoms with Crippen LogP contribution in [0, 0.1) is 0 Å². The van der Waals surface area contributed by atoms with E-state index in [4.69, 9.17) is 9.63 Å². The summed E-state index contributed by atoms with van der Waals surface area (Å²) in [4.78, 5) is 11.9. The Hall–Kier alpha value is -1.75. The Bertz CT molecular complexity index is 591. The number of carboxylic acid groups (broad SMARTS) is 1. The normalized spacial score (nSPS) is 13.6. The molecule has 0 spiro atoms. The fourth-order valence-corrected chi connectivity index (χ4v) is 3.13. The third kappa shape index (κ3) is 1.72. The number of thioether (sulfide) groups is 1. The Labute approximate surface area is 102 Å². The predicted molar refractivity (Wildman–Crippen MR) is 63.3 cm³/mol. The average Bonchev–Trinajstić information content (AvgIpc) is 2.97. The van der Waals surface area contributed by atoms with Crippen molar-refractivity contribution in [3.63, 3.8) is 0 Å². The number of carboxylic acids is 1. The molecule has 0 bridgehead atoms. The molecule has 17 heavy (non-hydrogen) atoms. The maximum atomic E-state index is 10.7. The van der Waals surface area contributed by atoms with Crippen molar-refractivity contribution in [2.75, 3.05) is 5.75 Å². The summed E-state index contributed by atoms with van der Waals surface area (Å²) in [6.45, 7) is 0. The number of aryl methyl sites for hydroxylation is 1. The number of benzene rings is 1. The number of aromatic nitrogens is 1. The van der Waals surface area contributed by atoms with E-state index in [1.54, 1.807) is 11.8 Å². The number of nitrogens with zero attached hydrogens (tertiary/aromatic N) is 1. The number of hydrogen-bond acceptors (Lipinski definition) is 4. The molecule has 1 aliphatic heterocycles. The zero-order valence-electron chi connectivity index (χ0n) is 8.84. The van der Waals surface area contributed by atoms with E-state index in [0.29, 0.717) is 5.69 Å². The molecule has 0 radical (unpaired) electrons. The quantitative estimate of drug-likeness (QED) is 0.883. The fourth-order valence-electron chi connectivity index (χ4n) is 1.92. The third-order valence-electron chi connectivity index (χ3n) is 2.71. The zero-order chi connectivity index (χ0) is 11.8. The van der Waals surface area contributed by atoms with Crippen LogP contribution in [0.2, 0.25) is 0 Å². The molecular weight excluding hydrogens is 238 g/mol. The molecule has 5 heteroatoms. The van der Waals surface area contributed by atoms with Gasteiger partial charge >= 0.3 is 5.97 Å². The molecule has 0 aliphatic carbocycles. The maximum absolute atomic E-state index is 10.7. The highest BCUT2D eigenvalue weighted by Gasteiger charge is 2.19. The first kappa shape index (κ1) is 10.4. The molecule has 0 atom stereocenters. The maximum Gasteiger partial charge on any atom is 0.374 e. The first-order valence-corrected chi connectivity index (χ1v) is 6.19. The van der Waals surface area contributed by atoms with Gasteiger partial charge in [0.05, 0.1) is 0 Å². The monoisotopic (exact) mass is 247 g/mol. The van der Waals surface area contributed by atoms with Gasteiger partial charge in [-0.2, -0.15) is 0 Å². The van der Waals surface area contributed by atoms with E-state index in [1.165, 1.54) is 16.5 Å². The largest absolute Gasteiger partial charge is 0.475 e. The summed E-state index contributed by atoms with van der Waals surface area (Å²) in [7, 11) is 0. The molecule has 1 aliphatic rings. The Balaban J connectivity index is 2.09. The van der Waals surface area contributed by atoms with E-state index in [9.17, 15) is 4.79 Å². The number of carbonyl (C=O) groups is 1. The van der Waals surface area contributed by atoms with Crippen LogP contribution >= 0.6 is 11.8 Å². The van der Waals surface area contributed by atoms with E-state index >= 15 is 0 Å². The summed E-state index contributed by atoms with van der Waals surface area (Å²) >= 11 is 1.78. The van der Waals surface area contributed by atoms with Crippen molar-refractivity contribution in [2.24, 2.45) is 0 Å². The molecule has 2 heterocycles. The summed E-state index contributed by atoms with van der Waals surface area (Å²) in [5, 5.41) is 12.6.